The van der Waals surface area contributed by atoms with Gasteiger partial charge in [0, 0.05) is 17.8 Å². The standard InChI is InChI=1S/C14H10N4/c1-2-12-13(18-8-17-12)7-9(1)10-3-5-15-14-11(10)4-6-16-14/h1-8H,(H,15,16)(H,17,18). The fraction of sp³-hybridized carbons (Fsp3) is 0. The fourth-order valence-corrected chi connectivity index (χ4v) is 2.32. The van der Waals surface area contributed by atoms with Gasteiger partial charge in [-0.15, -0.1) is 0 Å². The van der Waals surface area contributed by atoms with E-state index >= 15 is 0 Å². The van der Waals surface area contributed by atoms with Gasteiger partial charge in [0.15, 0.2) is 0 Å². The van der Waals surface area contributed by atoms with E-state index < -0.39 is 0 Å². The van der Waals surface area contributed by atoms with E-state index in [2.05, 4.69) is 38.1 Å². The molecule has 4 aromatic rings. The van der Waals surface area contributed by atoms with Crippen molar-refractivity contribution in [3.05, 3.63) is 49.1 Å². The Balaban J connectivity index is 2.03. The first kappa shape index (κ1) is 9.41. The van der Waals surface area contributed by atoms with Gasteiger partial charge in [-0.3, -0.25) is 0 Å². The van der Waals surface area contributed by atoms with Gasteiger partial charge in [0.05, 0.1) is 17.4 Å². The molecule has 0 saturated heterocycles. The third kappa shape index (κ3) is 1.26. The third-order valence-electron chi connectivity index (χ3n) is 3.19. The summed E-state index contributed by atoms with van der Waals surface area (Å²) in [6, 6.07) is 10.3. The van der Waals surface area contributed by atoms with Gasteiger partial charge < -0.3 is 9.97 Å². The van der Waals surface area contributed by atoms with Crippen LogP contribution in [0, 0.1) is 0 Å². The molecule has 2 N–H and O–H groups in total. The normalized spacial score (nSPS) is 11.3. The van der Waals surface area contributed by atoms with Crippen molar-refractivity contribution in [3.63, 3.8) is 0 Å². The summed E-state index contributed by atoms with van der Waals surface area (Å²) >= 11 is 0. The predicted octanol–water partition coefficient (Wildman–Crippen LogP) is 3.11. The molecule has 3 aromatic heterocycles. The summed E-state index contributed by atoms with van der Waals surface area (Å²) in [7, 11) is 0. The van der Waals surface area contributed by atoms with Crippen molar-refractivity contribution in [3.8, 4) is 11.1 Å². The number of nitrogens with zero attached hydrogens (tertiary/aromatic N) is 2. The second-order valence-corrected chi connectivity index (χ2v) is 4.23. The monoisotopic (exact) mass is 234 g/mol. The second-order valence-electron chi connectivity index (χ2n) is 4.23. The minimum absolute atomic E-state index is 0.914. The molecule has 0 saturated carbocycles. The van der Waals surface area contributed by atoms with Crippen molar-refractivity contribution in [1.82, 2.24) is 19.9 Å². The third-order valence-corrected chi connectivity index (χ3v) is 3.19. The maximum Gasteiger partial charge on any atom is 0.137 e. The van der Waals surface area contributed by atoms with Crippen LogP contribution in [0.2, 0.25) is 0 Å². The van der Waals surface area contributed by atoms with Crippen LogP contribution in [0.5, 0.6) is 0 Å². The van der Waals surface area contributed by atoms with E-state index in [9.17, 15) is 0 Å². The van der Waals surface area contributed by atoms with Crippen molar-refractivity contribution in [1.29, 1.82) is 0 Å². The van der Waals surface area contributed by atoms with Gasteiger partial charge in [0.25, 0.3) is 0 Å². The summed E-state index contributed by atoms with van der Waals surface area (Å²) in [6.07, 6.45) is 5.45. The molecule has 3 heterocycles. The molecule has 1 aromatic carbocycles. The summed E-state index contributed by atoms with van der Waals surface area (Å²) in [4.78, 5) is 14.8. The molecule has 4 rings (SSSR count). The Kier molecular flexibility index (Phi) is 1.80. The van der Waals surface area contributed by atoms with E-state index in [1.807, 2.05) is 24.5 Å². The zero-order valence-electron chi connectivity index (χ0n) is 9.51. The molecule has 4 heteroatoms. The minimum Gasteiger partial charge on any atom is -0.346 e. The number of benzene rings is 1. The molecular formula is C14H10N4. The lowest BCUT2D eigenvalue weighted by atomic mass is 10.0. The Labute approximate surface area is 103 Å². The lowest BCUT2D eigenvalue weighted by Gasteiger charge is -2.03. The fourth-order valence-electron chi connectivity index (χ4n) is 2.32. The van der Waals surface area contributed by atoms with Crippen LogP contribution in [0.25, 0.3) is 33.2 Å². The maximum atomic E-state index is 4.30. The number of aromatic amines is 2. The molecule has 4 nitrogen and oxygen atoms in total. The Morgan fingerprint density at radius 3 is 2.94 bits per heavy atom. The highest BCUT2D eigenvalue weighted by Gasteiger charge is 2.06. The van der Waals surface area contributed by atoms with Gasteiger partial charge in [-0.1, -0.05) is 6.07 Å². The van der Waals surface area contributed by atoms with Crippen LogP contribution in [-0.2, 0) is 0 Å². The average Bonchev–Trinajstić information content (AvgIpc) is 3.05. The zero-order valence-corrected chi connectivity index (χ0v) is 9.51. The summed E-state index contributed by atoms with van der Waals surface area (Å²) < 4.78 is 0. The number of hydrogen-bond donors (Lipinski definition) is 2. The summed E-state index contributed by atoms with van der Waals surface area (Å²) in [6.45, 7) is 0. The lowest BCUT2D eigenvalue weighted by Crippen LogP contribution is -1.82. The van der Waals surface area contributed by atoms with Crippen molar-refractivity contribution in [2.45, 2.75) is 0 Å². The molecule has 86 valence electrons. The van der Waals surface area contributed by atoms with Crippen LogP contribution in [0.1, 0.15) is 0 Å². The SMILES string of the molecule is c1cc(-c2ccc3nc[nH]c3c2)c2cc[nH]c2n1. The van der Waals surface area contributed by atoms with Crippen LogP contribution in [-0.4, -0.2) is 19.9 Å². The number of fused-ring (bicyclic) bond motifs is 2. The summed E-state index contributed by atoms with van der Waals surface area (Å²) in [5.41, 5.74) is 5.29. The minimum atomic E-state index is 0.914. The molecule has 18 heavy (non-hydrogen) atoms. The number of hydrogen-bond acceptors (Lipinski definition) is 2. The second kappa shape index (κ2) is 3.43. The number of rotatable bonds is 1. The maximum absolute atomic E-state index is 4.30. The van der Waals surface area contributed by atoms with E-state index in [1.54, 1.807) is 6.33 Å². The molecule has 0 amide bonds. The Morgan fingerprint density at radius 1 is 0.944 bits per heavy atom. The largest absolute Gasteiger partial charge is 0.346 e. The molecule has 0 aliphatic carbocycles. The molecule has 0 unspecified atom stereocenters. The number of pyridine rings is 1. The molecule has 0 aliphatic heterocycles. The molecule has 0 bridgehead atoms. The average molecular weight is 234 g/mol. The first-order valence-electron chi connectivity index (χ1n) is 5.77. The lowest BCUT2D eigenvalue weighted by molar-refractivity contribution is 1.33. The number of aromatic nitrogens is 4. The first-order valence-corrected chi connectivity index (χ1v) is 5.77. The Morgan fingerprint density at radius 2 is 1.94 bits per heavy atom. The highest BCUT2D eigenvalue weighted by Crippen LogP contribution is 2.28. The van der Waals surface area contributed by atoms with E-state index in [4.69, 9.17) is 0 Å². The van der Waals surface area contributed by atoms with Gasteiger partial charge in [-0.05, 0) is 35.4 Å². The Bertz CT molecular complexity index is 841. The highest BCUT2D eigenvalue weighted by molar-refractivity contribution is 5.95. The van der Waals surface area contributed by atoms with Crippen LogP contribution in [0.15, 0.2) is 49.1 Å². The Hall–Kier alpha value is -2.62. The summed E-state index contributed by atoms with van der Waals surface area (Å²) in [5, 5.41) is 1.14. The van der Waals surface area contributed by atoms with Crippen molar-refractivity contribution in [2.75, 3.05) is 0 Å². The quantitative estimate of drug-likeness (QED) is 0.531. The topological polar surface area (TPSA) is 57.4 Å². The van der Waals surface area contributed by atoms with Crippen LogP contribution in [0.3, 0.4) is 0 Å². The van der Waals surface area contributed by atoms with Crippen molar-refractivity contribution in [2.24, 2.45) is 0 Å². The molecule has 0 aliphatic rings. The van der Waals surface area contributed by atoms with Crippen molar-refractivity contribution >= 4 is 22.1 Å². The van der Waals surface area contributed by atoms with E-state index in [0.717, 1.165) is 22.1 Å². The van der Waals surface area contributed by atoms with E-state index in [0.29, 0.717) is 0 Å². The molecule has 0 radical (unpaired) electrons. The van der Waals surface area contributed by atoms with Gasteiger partial charge in [-0.2, -0.15) is 0 Å². The van der Waals surface area contributed by atoms with E-state index in [-0.39, 0.29) is 0 Å². The van der Waals surface area contributed by atoms with E-state index in [1.165, 1.54) is 11.1 Å². The van der Waals surface area contributed by atoms with Crippen LogP contribution < -0.4 is 0 Å². The predicted molar refractivity (Wildman–Crippen MR) is 71.2 cm³/mol. The van der Waals surface area contributed by atoms with Gasteiger partial charge in [-0.25, -0.2) is 9.97 Å². The number of nitrogens with one attached hydrogen (secondary N) is 2. The van der Waals surface area contributed by atoms with Gasteiger partial charge >= 0.3 is 0 Å². The van der Waals surface area contributed by atoms with Crippen molar-refractivity contribution < 1.29 is 0 Å². The number of H-pyrrole nitrogens is 2. The molecule has 0 fully saturated rings. The van der Waals surface area contributed by atoms with Gasteiger partial charge in [0.1, 0.15) is 5.65 Å². The summed E-state index contributed by atoms with van der Waals surface area (Å²) in [5.74, 6) is 0. The van der Waals surface area contributed by atoms with Crippen LogP contribution in [0.4, 0.5) is 0 Å². The smallest absolute Gasteiger partial charge is 0.137 e. The zero-order chi connectivity index (χ0) is 11.9. The van der Waals surface area contributed by atoms with Crippen LogP contribution >= 0.6 is 0 Å². The molecule has 0 atom stereocenters. The first-order chi connectivity index (χ1) is 8.92. The molecular weight excluding hydrogens is 224 g/mol. The van der Waals surface area contributed by atoms with Gasteiger partial charge in [0.2, 0.25) is 0 Å². The number of imidazole rings is 1. The highest BCUT2D eigenvalue weighted by atomic mass is 14.9. The molecule has 0 spiro atoms.